The van der Waals surface area contributed by atoms with Gasteiger partial charge in [0, 0.05) is 10.9 Å². The number of halogens is 1. The standard InChI is InChI=1S/C11H7BrO3/c12-8-2-1-6-5-10(13)9(11(14)15)4-7(6)3-8/h1-4H,5H2,(H,14,15). The van der Waals surface area contributed by atoms with Crippen molar-refractivity contribution in [2.24, 2.45) is 0 Å². The first-order valence-electron chi connectivity index (χ1n) is 4.34. The van der Waals surface area contributed by atoms with Gasteiger partial charge in [-0.1, -0.05) is 22.0 Å². The highest BCUT2D eigenvalue weighted by atomic mass is 79.9. The van der Waals surface area contributed by atoms with Gasteiger partial charge >= 0.3 is 5.97 Å². The molecule has 0 amide bonds. The number of carbonyl (C=O) groups is 2. The van der Waals surface area contributed by atoms with Crippen LogP contribution in [-0.4, -0.2) is 16.9 Å². The topological polar surface area (TPSA) is 54.4 Å². The second-order valence-corrected chi connectivity index (χ2v) is 4.22. The molecule has 1 aliphatic carbocycles. The lowest BCUT2D eigenvalue weighted by atomic mass is 9.91. The number of ketones is 1. The van der Waals surface area contributed by atoms with Crippen molar-refractivity contribution in [2.75, 3.05) is 0 Å². The number of carbonyl (C=O) groups excluding carboxylic acids is 1. The van der Waals surface area contributed by atoms with Crippen molar-refractivity contribution in [1.29, 1.82) is 0 Å². The Bertz CT molecular complexity index is 489. The first kappa shape index (κ1) is 10.1. The third-order valence-electron chi connectivity index (χ3n) is 2.29. The number of carboxylic acid groups (broad SMARTS) is 1. The molecule has 15 heavy (non-hydrogen) atoms. The third kappa shape index (κ3) is 1.85. The molecule has 1 N–H and O–H groups in total. The van der Waals surface area contributed by atoms with E-state index in [4.69, 9.17) is 5.11 Å². The zero-order valence-corrected chi connectivity index (χ0v) is 9.24. The first-order valence-corrected chi connectivity index (χ1v) is 5.14. The molecule has 0 unspecified atom stereocenters. The molecule has 0 radical (unpaired) electrons. The molecule has 0 fully saturated rings. The number of aliphatic carboxylic acids is 1. The number of hydrogen-bond donors (Lipinski definition) is 1. The minimum Gasteiger partial charge on any atom is -0.478 e. The summed E-state index contributed by atoms with van der Waals surface area (Å²) in [6.07, 6.45) is 1.59. The molecule has 0 aliphatic heterocycles. The van der Waals surface area contributed by atoms with Crippen LogP contribution < -0.4 is 0 Å². The summed E-state index contributed by atoms with van der Waals surface area (Å²) in [7, 11) is 0. The van der Waals surface area contributed by atoms with Gasteiger partial charge in [0.2, 0.25) is 0 Å². The van der Waals surface area contributed by atoms with E-state index in [-0.39, 0.29) is 17.8 Å². The fourth-order valence-corrected chi connectivity index (χ4v) is 1.93. The normalized spacial score (nSPS) is 14.5. The quantitative estimate of drug-likeness (QED) is 0.792. The van der Waals surface area contributed by atoms with E-state index in [0.29, 0.717) is 0 Å². The minimum absolute atomic E-state index is 0.138. The smallest absolute Gasteiger partial charge is 0.339 e. The summed E-state index contributed by atoms with van der Waals surface area (Å²) < 4.78 is 0.872. The molecule has 2 rings (SSSR count). The van der Waals surface area contributed by atoms with Gasteiger partial charge in [-0.2, -0.15) is 0 Å². The monoisotopic (exact) mass is 266 g/mol. The van der Waals surface area contributed by atoms with Crippen molar-refractivity contribution in [3.05, 3.63) is 39.4 Å². The summed E-state index contributed by atoms with van der Waals surface area (Å²) in [6, 6.07) is 5.48. The third-order valence-corrected chi connectivity index (χ3v) is 2.78. The largest absolute Gasteiger partial charge is 0.478 e. The average Bonchev–Trinajstić information content (AvgIpc) is 2.17. The maximum atomic E-state index is 11.4. The Morgan fingerprint density at radius 2 is 2.13 bits per heavy atom. The highest BCUT2D eigenvalue weighted by Crippen LogP contribution is 2.24. The zero-order valence-electron chi connectivity index (χ0n) is 7.66. The molecule has 76 valence electrons. The molecule has 1 aromatic carbocycles. The summed E-state index contributed by atoms with van der Waals surface area (Å²) in [5.74, 6) is -1.50. The fourth-order valence-electron chi connectivity index (χ4n) is 1.55. The lowest BCUT2D eigenvalue weighted by Gasteiger charge is -2.12. The molecule has 0 heterocycles. The number of hydrogen-bond acceptors (Lipinski definition) is 2. The van der Waals surface area contributed by atoms with Crippen LogP contribution >= 0.6 is 15.9 Å². The van der Waals surface area contributed by atoms with Crippen molar-refractivity contribution in [3.63, 3.8) is 0 Å². The average molecular weight is 267 g/mol. The van der Waals surface area contributed by atoms with Crippen molar-refractivity contribution < 1.29 is 14.7 Å². The summed E-state index contributed by atoms with van der Waals surface area (Å²) in [6.45, 7) is 0. The van der Waals surface area contributed by atoms with Gasteiger partial charge in [0.15, 0.2) is 5.78 Å². The van der Waals surface area contributed by atoms with Crippen LogP contribution in [-0.2, 0) is 16.0 Å². The molecule has 4 heteroatoms. The second kappa shape index (κ2) is 3.62. The van der Waals surface area contributed by atoms with E-state index < -0.39 is 5.97 Å². The molecular formula is C11H7BrO3. The molecule has 1 aliphatic rings. The van der Waals surface area contributed by atoms with E-state index >= 15 is 0 Å². The molecule has 3 nitrogen and oxygen atoms in total. The second-order valence-electron chi connectivity index (χ2n) is 3.31. The Hall–Kier alpha value is -1.42. The molecule has 0 atom stereocenters. The summed E-state index contributed by atoms with van der Waals surface area (Å²) in [5, 5.41) is 8.80. The van der Waals surface area contributed by atoms with Crippen molar-refractivity contribution >= 4 is 33.8 Å². The van der Waals surface area contributed by atoms with Crippen LogP contribution in [0.2, 0.25) is 0 Å². The van der Waals surface area contributed by atoms with Crippen LogP contribution in [0, 0.1) is 0 Å². The Morgan fingerprint density at radius 1 is 1.40 bits per heavy atom. The maximum Gasteiger partial charge on any atom is 0.339 e. The Kier molecular flexibility index (Phi) is 2.44. The summed E-state index contributed by atoms with van der Waals surface area (Å²) >= 11 is 3.30. The number of fused-ring (bicyclic) bond motifs is 1. The van der Waals surface area contributed by atoms with Gasteiger partial charge < -0.3 is 5.11 Å². The molecule has 0 saturated heterocycles. The van der Waals surface area contributed by atoms with Crippen molar-refractivity contribution in [2.45, 2.75) is 6.42 Å². The SMILES string of the molecule is O=C(O)C1=Cc2cc(Br)ccc2CC1=O. The summed E-state index contributed by atoms with van der Waals surface area (Å²) in [4.78, 5) is 22.2. The van der Waals surface area contributed by atoms with Gasteiger partial charge in [-0.25, -0.2) is 4.79 Å². The van der Waals surface area contributed by atoms with Crippen molar-refractivity contribution in [3.8, 4) is 0 Å². The van der Waals surface area contributed by atoms with E-state index in [9.17, 15) is 9.59 Å². The van der Waals surface area contributed by atoms with Gasteiger partial charge in [0.25, 0.3) is 0 Å². The Morgan fingerprint density at radius 3 is 2.80 bits per heavy atom. The number of carboxylic acids is 1. The zero-order chi connectivity index (χ0) is 11.0. The van der Waals surface area contributed by atoms with Gasteiger partial charge in [-0.15, -0.1) is 0 Å². The summed E-state index contributed by atoms with van der Waals surface area (Å²) in [5.41, 5.74) is 1.52. The Labute approximate surface area is 94.5 Å². The van der Waals surface area contributed by atoms with Crippen LogP contribution in [0.25, 0.3) is 6.08 Å². The van der Waals surface area contributed by atoms with E-state index in [1.54, 1.807) is 0 Å². The van der Waals surface area contributed by atoms with E-state index in [0.717, 1.165) is 15.6 Å². The van der Waals surface area contributed by atoms with E-state index in [2.05, 4.69) is 15.9 Å². The number of rotatable bonds is 1. The van der Waals surface area contributed by atoms with Crippen LogP contribution in [0.1, 0.15) is 11.1 Å². The minimum atomic E-state index is -1.16. The lowest BCUT2D eigenvalue weighted by molar-refractivity contribution is -0.134. The number of benzene rings is 1. The lowest BCUT2D eigenvalue weighted by Crippen LogP contribution is -2.18. The molecule has 1 aromatic rings. The van der Waals surface area contributed by atoms with Crippen LogP contribution in [0.3, 0.4) is 0 Å². The van der Waals surface area contributed by atoms with Gasteiger partial charge in [-0.3, -0.25) is 4.79 Å². The van der Waals surface area contributed by atoms with E-state index in [1.807, 2.05) is 18.2 Å². The van der Waals surface area contributed by atoms with Crippen molar-refractivity contribution in [1.82, 2.24) is 0 Å². The maximum absolute atomic E-state index is 11.4. The van der Waals surface area contributed by atoms with Gasteiger partial charge in [-0.05, 0) is 29.3 Å². The molecular weight excluding hydrogens is 260 g/mol. The van der Waals surface area contributed by atoms with Crippen LogP contribution in [0.15, 0.2) is 28.2 Å². The molecule has 0 aromatic heterocycles. The fraction of sp³-hybridized carbons (Fsp3) is 0.0909. The molecule has 0 bridgehead atoms. The van der Waals surface area contributed by atoms with E-state index in [1.165, 1.54) is 6.08 Å². The highest BCUT2D eigenvalue weighted by Gasteiger charge is 2.23. The van der Waals surface area contributed by atoms with Crippen LogP contribution in [0.5, 0.6) is 0 Å². The predicted octanol–water partition coefficient (Wildman–Crippen LogP) is 2.04. The van der Waals surface area contributed by atoms with Gasteiger partial charge in [0.1, 0.15) is 5.57 Å². The highest BCUT2D eigenvalue weighted by molar-refractivity contribution is 9.10. The predicted molar refractivity (Wildman–Crippen MR) is 58.5 cm³/mol. The van der Waals surface area contributed by atoms with Gasteiger partial charge in [0.05, 0.1) is 0 Å². The first-order chi connectivity index (χ1) is 7.08. The Balaban J connectivity index is 2.56. The molecule has 0 spiro atoms. The van der Waals surface area contributed by atoms with Crippen LogP contribution in [0.4, 0.5) is 0 Å². The number of Topliss-reactive ketones (excluding diaryl/α,β-unsaturated/α-hetero) is 1. The molecule has 0 saturated carbocycles.